The van der Waals surface area contributed by atoms with Gasteiger partial charge in [0.15, 0.2) is 11.5 Å². The molecular weight excluding hydrogens is 554 g/mol. The second-order valence-corrected chi connectivity index (χ2v) is 10.8. The highest BCUT2D eigenvalue weighted by atomic mass is 16.6. The summed E-state index contributed by atoms with van der Waals surface area (Å²) < 4.78 is 11.9. The molecule has 43 heavy (non-hydrogen) atoms. The molecule has 2 N–H and O–H groups in total. The Kier molecular flexibility index (Phi) is 8.45. The average molecular weight is 588 g/mol. The second-order valence-electron chi connectivity index (χ2n) is 10.8. The standard InChI is InChI=1S/C32H33N3O8/c1-3-4-17-34-29(36)25-26(30(34)37)32(31(38)39,18-20-13-15-22(16-14-20)35(40)41)33-27(25)23-11-8-12-24(42-2)28(23)43-19-21-9-6-5-7-10-21/h5-16,25-27,33H,3-4,17-19H2,1-2H3,(H,38,39). The van der Waals surface area contributed by atoms with Crippen molar-refractivity contribution in [3.8, 4) is 11.5 Å². The molecule has 4 unspecified atom stereocenters. The molecule has 0 bridgehead atoms. The zero-order valence-corrected chi connectivity index (χ0v) is 23.9. The molecule has 0 aromatic heterocycles. The van der Waals surface area contributed by atoms with E-state index in [0.29, 0.717) is 29.0 Å². The molecule has 2 saturated heterocycles. The van der Waals surface area contributed by atoms with E-state index in [-0.39, 0.29) is 25.3 Å². The van der Waals surface area contributed by atoms with Gasteiger partial charge in [0.25, 0.3) is 5.69 Å². The Bertz CT molecular complexity index is 1530. The molecular formula is C32H33N3O8. The number of nitro groups is 1. The summed E-state index contributed by atoms with van der Waals surface area (Å²) in [6.45, 7) is 2.33. The third kappa shape index (κ3) is 5.43. The van der Waals surface area contributed by atoms with Crippen molar-refractivity contribution < 1.29 is 33.9 Å². The number of nitro benzene ring substituents is 1. The Balaban J connectivity index is 1.60. The van der Waals surface area contributed by atoms with Crippen LogP contribution in [0.2, 0.25) is 0 Å². The summed E-state index contributed by atoms with van der Waals surface area (Å²) in [4.78, 5) is 52.9. The number of benzene rings is 3. The van der Waals surface area contributed by atoms with Gasteiger partial charge in [0.05, 0.1) is 23.9 Å². The number of fused-ring (bicyclic) bond motifs is 1. The summed E-state index contributed by atoms with van der Waals surface area (Å²) in [5.74, 6) is -3.78. The number of nitrogens with one attached hydrogen (secondary N) is 1. The fourth-order valence-corrected chi connectivity index (χ4v) is 6.18. The van der Waals surface area contributed by atoms with Crippen molar-refractivity contribution in [2.45, 2.75) is 44.4 Å². The molecule has 2 heterocycles. The quantitative estimate of drug-likeness (QED) is 0.180. The number of imide groups is 1. The number of para-hydroxylation sites is 1. The molecule has 224 valence electrons. The van der Waals surface area contributed by atoms with Crippen LogP contribution in [0.15, 0.2) is 72.8 Å². The first-order chi connectivity index (χ1) is 20.7. The van der Waals surface area contributed by atoms with Crippen LogP contribution in [-0.4, -0.2) is 51.9 Å². The molecule has 4 atom stereocenters. The lowest BCUT2D eigenvalue weighted by molar-refractivity contribution is -0.384. The Hall–Kier alpha value is -4.77. The number of methoxy groups -OCH3 is 1. The molecule has 0 aliphatic carbocycles. The van der Waals surface area contributed by atoms with Crippen molar-refractivity contribution in [2.75, 3.05) is 13.7 Å². The van der Waals surface area contributed by atoms with Crippen molar-refractivity contribution >= 4 is 23.5 Å². The maximum absolute atomic E-state index is 13.9. The van der Waals surface area contributed by atoms with Crippen molar-refractivity contribution in [2.24, 2.45) is 11.8 Å². The maximum Gasteiger partial charge on any atom is 0.325 e. The van der Waals surface area contributed by atoms with Gasteiger partial charge in [-0.05, 0) is 23.6 Å². The van der Waals surface area contributed by atoms with E-state index >= 15 is 0 Å². The number of carbonyl (C=O) groups excluding carboxylic acids is 2. The SMILES string of the molecule is CCCCN1C(=O)C2C(c3cccc(OC)c3OCc3ccccc3)NC(Cc3ccc([N+](=O)[O-])cc3)(C(=O)O)C2C1=O. The van der Waals surface area contributed by atoms with Crippen LogP contribution in [0.1, 0.15) is 42.5 Å². The number of rotatable bonds is 12. The molecule has 5 rings (SSSR count). The first-order valence-corrected chi connectivity index (χ1v) is 14.1. The number of carboxylic acids is 1. The summed E-state index contributed by atoms with van der Waals surface area (Å²) in [6, 6.07) is 19.3. The average Bonchev–Trinajstić information content (AvgIpc) is 3.48. The highest BCUT2D eigenvalue weighted by Gasteiger charge is 2.68. The first kappa shape index (κ1) is 29.7. The van der Waals surface area contributed by atoms with Crippen LogP contribution in [-0.2, 0) is 27.4 Å². The van der Waals surface area contributed by atoms with Gasteiger partial charge < -0.3 is 14.6 Å². The number of aliphatic carboxylic acids is 1. The fourth-order valence-electron chi connectivity index (χ4n) is 6.18. The number of hydrogen-bond acceptors (Lipinski definition) is 8. The monoisotopic (exact) mass is 587 g/mol. The highest BCUT2D eigenvalue weighted by Crippen LogP contribution is 2.52. The first-order valence-electron chi connectivity index (χ1n) is 14.1. The van der Waals surface area contributed by atoms with Crippen molar-refractivity contribution in [3.05, 3.63) is 99.6 Å². The Labute approximate surface area is 248 Å². The topological polar surface area (TPSA) is 148 Å². The minimum atomic E-state index is -1.88. The zero-order chi connectivity index (χ0) is 30.7. The molecule has 2 fully saturated rings. The van der Waals surface area contributed by atoms with Crippen LogP contribution < -0.4 is 14.8 Å². The van der Waals surface area contributed by atoms with E-state index in [1.165, 1.54) is 36.3 Å². The van der Waals surface area contributed by atoms with Gasteiger partial charge in [-0.15, -0.1) is 0 Å². The van der Waals surface area contributed by atoms with E-state index in [9.17, 15) is 29.6 Å². The molecule has 3 aromatic rings. The number of ether oxygens (including phenoxy) is 2. The Morgan fingerprint density at radius 3 is 2.37 bits per heavy atom. The van der Waals surface area contributed by atoms with Crippen LogP contribution in [0.4, 0.5) is 5.69 Å². The number of nitrogens with zero attached hydrogens (tertiary/aromatic N) is 2. The predicted octanol–water partition coefficient (Wildman–Crippen LogP) is 4.29. The van der Waals surface area contributed by atoms with E-state index in [0.717, 1.165) is 12.0 Å². The number of likely N-dealkylation sites (tertiary alicyclic amines) is 1. The number of carbonyl (C=O) groups is 3. The highest BCUT2D eigenvalue weighted by molar-refractivity contribution is 6.09. The van der Waals surface area contributed by atoms with Crippen LogP contribution in [0.25, 0.3) is 0 Å². The van der Waals surface area contributed by atoms with Gasteiger partial charge in [-0.3, -0.25) is 34.7 Å². The van der Waals surface area contributed by atoms with Crippen molar-refractivity contribution in [1.29, 1.82) is 0 Å². The van der Waals surface area contributed by atoms with Gasteiger partial charge in [-0.2, -0.15) is 0 Å². The van der Waals surface area contributed by atoms with E-state index in [4.69, 9.17) is 9.47 Å². The van der Waals surface area contributed by atoms with Gasteiger partial charge in [-0.1, -0.05) is 67.9 Å². The van der Waals surface area contributed by atoms with Gasteiger partial charge >= 0.3 is 5.97 Å². The number of amides is 2. The summed E-state index contributed by atoms with van der Waals surface area (Å²) in [7, 11) is 1.49. The van der Waals surface area contributed by atoms with Gasteiger partial charge in [0.1, 0.15) is 12.1 Å². The van der Waals surface area contributed by atoms with Crippen LogP contribution in [0.3, 0.4) is 0 Å². The summed E-state index contributed by atoms with van der Waals surface area (Å²) in [5, 5.41) is 25.2. The summed E-state index contributed by atoms with van der Waals surface area (Å²) in [6.07, 6.45) is 1.15. The van der Waals surface area contributed by atoms with E-state index in [1.54, 1.807) is 18.2 Å². The molecule has 2 aliphatic heterocycles. The number of hydrogen-bond donors (Lipinski definition) is 2. The van der Waals surface area contributed by atoms with Crippen LogP contribution in [0, 0.1) is 22.0 Å². The minimum Gasteiger partial charge on any atom is -0.493 e. The largest absolute Gasteiger partial charge is 0.493 e. The predicted molar refractivity (Wildman–Crippen MR) is 155 cm³/mol. The Morgan fingerprint density at radius 1 is 1.02 bits per heavy atom. The number of non-ortho nitro benzene ring substituents is 1. The number of unbranched alkanes of at least 4 members (excludes halogenated alkanes) is 1. The lowest BCUT2D eigenvalue weighted by Gasteiger charge is -2.31. The lowest BCUT2D eigenvalue weighted by atomic mass is 9.76. The number of carboxylic acid groups (broad SMARTS) is 1. The van der Waals surface area contributed by atoms with Gasteiger partial charge in [0, 0.05) is 36.7 Å². The molecule has 11 nitrogen and oxygen atoms in total. The van der Waals surface area contributed by atoms with E-state index < -0.39 is 46.1 Å². The lowest BCUT2D eigenvalue weighted by Crippen LogP contribution is -2.57. The van der Waals surface area contributed by atoms with E-state index in [1.807, 2.05) is 37.3 Å². The zero-order valence-electron chi connectivity index (χ0n) is 23.9. The molecule has 11 heteroatoms. The molecule has 0 saturated carbocycles. The van der Waals surface area contributed by atoms with Gasteiger partial charge in [-0.25, -0.2) is 0 Å². The fraction of sp³-hybridized carbons (Fsp3) is 0.344. The maximum atomic E-state index is 13.9. The summed E-state index contributed by atoms with van der Waals surface area (Å²) >= 11 is 0. The van der Waals surface area contributed by atoms with Crippen LogP contribution >= 0.6 is 0 Å². The van der Waals surface area contributed by atoms with Gasteiger partial charge in [0.2, 0.25) is 11.8 Å². The molecule has 2 amide bonds. The van der Waals surface area contributed by atoms with Crippen molar-refractivity contribution in [3.63, 3.8) is 0 Å². The molecule has 0 radical (unpaired) electrons. The van der Waals surface area contributed by atoms with Crippen LogP contribution in [0.5, 0.6) is 11.5 Å². The molecule has 3 aromatic carbocycles. The van der Waals surface area contributed by atoms with Crippen molar-refractivity contribution in [1.82, 2.24) is 10.2 Å². The molecule has 0 spiro atoms. The van der Waals surface area contributed by atoms with E-state index in [2.05, 4.69) is 5.32 Å². The third-order valence-electron chi connectivity index (χ3n) is 8.28. The smallest absolute Gasteiger partial charge is 0.325 e. The molecule has 2 aliphatic rings. The second kappa shape index (κ2) is 12.2. The minimum absolute atomic E-state index is 0.141. The normalized spacial score (nSPS) is 22.8. The Morgan fingerprint density at radius 2 is 1.74 bits per heavy atom. The summed E-state index contributed by atoms with van der Waals surface area (Å²) in [5.41, 5.74) is -0.155. The third-order valence-corrected chi connectivity index (χ3v) is 8.28.